The van der Waals surface area contributed by atoms with Gasteiger partial charge in [0.25, 0.3) is 5.56 Å². The van der Waals surface area contributed by atoms with E-state index in [0.29, 0.717) is 18.1 Å². The lowest BCUT2D eigenvalue weighted by Crippen LogP contribution is -2.36. The minimum atomic E-state index is -0.740. The summed E-state index contributed by atoms with van der Waals surface area (Å²) in [7, 11) is 0. The zero-order valence-corrected chi connectivity index (χ0v) is 15.5. The van der Waals surface area contributed by atoms with Crippen LogP contribution in [0, 0.1) is 0 Å². The minimum absolute atomic E-state index is 0.155. The lowest BCUT2D eigenvalue weighted by atomic mass is 10.1. The van der Waals surface area contributed by atoms with Crippen molar-refractivity contribution < 1.29 is 14.3 Å². The molecule has 1 aromatic heterocycles. The van der Waals surface area contributed by atoms with Crippen LogP contribution in [0.25, 0.3) is 0 Å². The summed E-state index contributed by atoms with van der Waals surface area (Å²) >= 11 is 1.23. The van der Waals surface area contributed by atoms with Crippen molar-refractivity contribution in [2.75, 3.05) is 19.4 Å². The Labute approximate surface area is 155 Å². The zero-order chi connectivity index (χ0) is 18.9. The maximum atomic E-state index is 12.5. The van der Waals surface area contributed by atoms with Crippen LogP contribution in [0.1, 0.15) is 22.8 Å². The summed E-state index contributed by atoms with van der Waals surface area (Å²) in [6.07, 6.45) is 3.63. The van der Waals surface area contributed by atoms with Crippen LogP contribution in [-0.4, -0.2) is 40.8 Å². The molecule has 0 aliphatic rings. The number of benzene rings is 1. The number of hydrogen-bond donors (Lipinski definition) is 1. The van der Waals surface area contributed by atoms with Gasteiger partial charge < -0.3 is 10.1 Å². The number of hydrogen-bond acceptors (Lipinski definition) is 6. The van der Waals surface area contributed by atoms with Crippen molar-refractivity contribution in [2.45, 2.75) is 25.0 Å². The van der Waals surface area contributed by atoms with Gasteiger partial charge in [0.15, 0.2) is 5.16 Å². The van der Waals surface area contributed by atoms with Gasteiger partial charge in [-0.15, -0.1) is 0 Å². The molecular weight excluding hydrogens is 354 g/mol. The lowest BCUT2D eigenvalue weighted by Gasteiger charge is -2.12. The first kappa shape index (κ1) is 19.7. The van der Waals surface area contributed by atoms with E-state index in [9.17, 15) is 14.4 Å². The third kappa shape index (κ3) is 5.19. The number of nitrogens with one attached hydrogen (secondary N) is 1. The molecule has 7 nitrogen and oxygen atoms in total. The first-order valence-corrected chi connectivity index (χ1v) is 9.40. The molecule has 1 N–H and O–H groups in total. The van der Waals surface area contributed by atoms with E-state index in [4.69, 9.17) is 4.74 Å². The molecule has 0 unspecified atom stereocenters. The van der Waals surface area contributed by atoms with E-state index < -0.39 is 11.5 Å². The van der Waals surface area contributed by atoms with Crippen molar-refractivity contribution in [3.63, 3.8) is 0 Å². The maximum absolute atomic E-state index is 12.5. The number of aromatic nitrogens is 2. The number of esters is 1. The highest BCUT2D eigenvalue weighted by Crippen LogP contribution is 2.10. The van der Waals surface area contributed by atoms with Gasteiger partial charge in [-0.1, -0.05) is 42.1 Å². The number of thioether (sulfide) groups is 1. The number of rotatable bonds is 8. The van der Waals surface area contributed by atoms with E-state index >= 15 is 0 Å². The summed E-state index contributed by atoms with van der Waals surface area (Å²) in [6.45, 7) is 2.06. The molecule has 138 valence electrons. The molecule has 0 aliphatic heterocycles. The second kappa shape index (κ2) is 9.76. The van der Waals surface area contributed by atoms with Crippen molar-refractivity contribution in [1.29, 1.82) is 0 Å². The first-order chi connectivity index (χ1) is 12.6. The summed E-state index contributed by atoms with van der Waals surface area (Å²) < 4.78 is 6.05. The number of carbonyl (C=O) groups excluding carboxylic acids is 2. The van der Waals surface area contributed by atoms with Crippen LogP contribution in [0.3, 0.4) is 0 Å². The molecule has 0 saturated carbocycles. The predicted molar refractivity (Wildman–Crippen MR) is 99.4 cm³/mol. The van der Waals surface area contributed by atoms with Gasteiger partial charge in [-0.2, -0.15) is 0 Å². The zero-order valence-electron chi connectivity index (χ0n) is 14.7. The Morgan fingerprint density at radius 3 is 2.65 bits per heavy atom. The molecule has 0 radical (unpaired) electrons. The third-order valence-corrected chi connectivity index (χ3v) is 4.26. The van der Waals surface area contributed by atoms with E-state index in [2.05, 4.69) is 10.3 Å². The summed E-state index contributed by atoms with van der Waals surface area (Å²) in [5.41, 5.74) is 0.350. The van der Waals surface area contributed by atoms with Crippen LogP contribution in [0.2, 0.25) is 0 Å². The molecule has 0 bridgehead atoms. The Kier molecular flexibility index (Phi) is 7.40. The van der Waals surface area contributed by atoms with Gasteiger partial charge in [0, 0.05) is 6.54 Å². The van der Waals surface area contributed by atoms with Gasteiger partial charge in [-0.3, -0.25) is 14.2 Å². The molecule has 0 saturated heterocycles. The van der Waals surface area contributed by atoms with Crippen LogP contribution >= 0.6 is 11.8 Å². The lowest BCUT2D eigenvalue weighted by molar-refractivity contribution is -0.121. The largest absolute Gasteiger partial charge is 0.462 e. The second-order valence-corrected chi connectivity index (χ2v) is 6.13. The summed E-state index contributed by atoms with van der Waals surface area (Å²) in [6, 6.07) is 9.77. The van der Waals surface area contributed by atoms with Crippen LogP contribution in [-0.2, 0) is 22.5 Å². The molecule has 0 atom stereocenters. The fraction of sp³-hybridized carbons (Fsp3) is 0.333. The number of ether oxygens (including phenoxy) is 1. The van der Waals surface area contributed by atoms with E-state index in [0.717, 1.165) is 5.56 Å². The number of amides is 1. The maximum Gasteiger partial charge on any atom is 0.345 e. The Morgan fingerprint density at radius 2 is 2.00 bits per heavy atom. The molecule has 0 aliphatic carbocycles. The topological polar surface area (TPSA) is 90.3 Å². The molecule has 2 aromatic rings. The summed E-state index contributed by atoms with van der Waals surface area (Å²) in [5, 5.41) is 3.14. The fourth-order valence-electron chi connectivity index (χ4n) is 2.32. The fourth-order valence-corrected chi connectivity index (χ4v) is 2.84. The van der Waals surface area contributed by atoms with Crippen molar-refractivity contribution >= 4 is 23.6 Å². The summed E-state index contributed by atoms with van der Waals surface area (Å²) in [4.78, 5) is 40.7. The summed E-state index contributed by atoms with van der Waals surface area (Å²) in [5.74, 6) is -1.06. The Hall–Kier alpha value is -2.61. The number of nitrogens with zero attached hydrogens (tertiary/aromatic N) is 2. The van der Waals surface area contributed by atoms with E-state index in [1.54, 1.807) is 13.2 Å². The van der Waals surface area contributed by atoms with Crippen molar-refractivity contribution in [2.24, 2.45) is 0 Å². The monoisotopic (exact) mass is 375 g/mol. The first-order valence-electron chi connectivity index (χ1n) is 8.18. The second-order valence-electron chi connectivity index (χ2n) is 5.36. The SMILES string of the molecule is CCOC(=O)c1cnc(SC)n(CC(=O)NCCc2ccccc2)c1=O. The van der Waals surface area contributed by atoms with E-state index in [1.807, 2.05) is 30.3 Å². The number of carbonyl (C=O) groups is 2. The quantitative estimate of drug-likeness (QED) is 0.427. The Balaban J connectivity index is 2.06. The Bertz CT molecular complexity index is 821. The standard InChI is InChI=1S/C18H21N3O4S/c1-3-25-17(24)14-11-20-18(26-2)21(16(14)23)12-15(22)19-10-9-13-7-5-4-6-8-13/h4-8,11H,3,9-10,12H2,1-2H3,(H,19,22). The molecule has 1 aromatic carbocycles. The van der Waals surface area contributed by atoms with Gasteiger partial charge in [-0.05, 0) is 25.2 Å². The predicted octanol–water partition coefficient (Wildman–Crippen LogP) is 1.50. The average Bonchev–Trinajstić information content (AvgIpc) is 2.64. The van der Waals surface area contributed by atoms with Crippen molar-refractivity contribution in [1.82, 2.24) is 14.9 Å². The highest BCUT2D eigenvalue weighted by atomic mass is 32.2. The molecule has 26 heavy (non-hydrogen) atoms. The van der Waals surface area contributed by atoms with Crippen LogP contribution < -0.4 is 10.9 Å². The molecular formula is C18H21N3O4S. The molecule has 8 heteroatoms. The smallest absolute Gasteiger partial charge is 0.345 e. The van der Waals surface area contributed by atoms with Gasteiger partial charge in [0.1, 0.15) is 12.1 Å². The molecule has 0 fully saturated rings. The van der Waals surface area contributed by atoms with Gasteiger partial charge in [0.2, 0.25) is 5.91 Å². The van der Waals surface area contributed by atoms with Crippen molar-refractivity contribution in [3.8, 4) is 0 Å². The Morgan fingerprint density at radius 1 is 1.27 bits per heavy atom. The van der Waals surface area contributed by atoms with Gasteiger partial charge in [-0.25, -0.2) is 9.78 Å². The molecule has 1 amide bonds. The van der Waals surface area contributed by atoms with Crippen LogP contribution in [0.15, 0.2) is 46.5 Å². The molecule has 0 spiro atoms. The average molecular weight is 375 g/mol. The molecule has 1 heterocycles. The van der Waals surface area contributed by atoms with E-state index in [1.165, 1.54) is 22.5 Å². The van der Waals surface area contributed by atoms with E-state index in [-0.39, 0.29) is 24.6 Å². The highest BCUT2D eigenvalue weighted by Gasteiger charge is 2.18. The minimum Gasteiger partial charge on any atom is -0.462 e. The molecule has 2 rings (SSSR count). The van der Waals surface area contributed by atoms with Gasteiger partial charge in [0.05, 0.1) is 12.8 Å². The van der Waals surface area contributed by atoms with Crippen molar-refractivity contribution in [3.05, 3.63) is 58.0 Å². The third-order valence-electron chi connectivity index (χ3n) is 3.57. The van der Waals surface area contributed by atoms with Crippen LogP contribution in [0.4, 0.5) is 0 Å². The normalized spacial score (nSPS) is 10.4. The highest BCUT2D eigenvalue weighted by molar-refractivity contribution is 7.98. The van der Waals surface area contributed by atoms with Gasteiger partial charge >= 0.3 is 5.97 Å². The van der Waals surface area contributed by atoms with Crippen LogP contribution in [0.5, 0.6) is 0 Å².